The summed E-state index contributed by atoms with van der Waals surface area (Å²) < 4.78 is 9.97. The van der Waals surface area contributed by atoms with Crippen molar-refractivity contribution in [1.29, 1.82) is 0 Å². The largest absolute Gasteiger partial charge is 0.382 e. The van der Waals surface area contributed by atoms with Gasteiger partial charge in [-0.2, -0.15) is 0 Å². The van der Waals surface area contributed by atoms with Gasteiger partial charge in [-0.05, 0) is 6.92 Å². The molecule has 0 aromatic carbocycles. The first kappa shape index (κ1) is 12.2. The van der Waals surface area contributed by atoms with Gasteiger partial charge in [0.2, 0.25) is 0 Å². The monoisotopic (exact) mass is 211 g/mol. The Morgan fingerprint density at radius 3 is 2.40 bits per heavy atom. The molecule has 0 saturated heterocycles. The van der Waals surface area contributed by atoms with Gasteiger partial charge in [-0.3, -0.25) is 0 Å². The Kier molecular flexibility index (Phi) is 4.33. The molecule has 3 heteroatoms. The lowest BCUT2D eigenvalue weighted by Crippen LogP contribution is -2.33. The van der Waals surface area contributed by atoms with Crippen LogP contribution < -0.4 is 4.57 Å². The van der Waals surface area contributed by atoms with Gasteiger partial charge in [-0.25, -0.2) is 9.13 Å². The molecule has 0 atom stereocenters. The van der Waals surface area contributed by atoms with Crippen LogP contribution in [0.3, 0.4) is 0 Å². The van der Waals surface area contributed by atoms with Gasteiger partial charge in [0, 0.05) is 33.8 Å². The molecule has 3 nitrogen and oxygen atoms in total. The van der Waals surface area contributed by atoms with Crippen molar-refractivity contribution < 1.29 is 9.30 Å². The van der Waals surface area contributed by atoms with E-state index in [0.29, 0.717) is 0 Å². The van der Waals surface area contributed by atoms with E-state index in [9.17, 15) is 0 Å². The normalized spacial score (nSPS) is 11.0. The topological polar surface area (TPSA) is 18.0 Å². The Balaban J connectivity index is 2.65. The molecule has 0 aliphatic rings. The highest BCUT2D eigenvalue weighted by molar-refractivity contribution is 5.06. The van der Waals surface area contributed by atoms with E-state index in [-0.39, 0.29) is 0 Å². The number of hydrogen-bond donors (Lipinski definition) is 0. The highest BCUT2D eigenvalue weighted by Gasteiger charge is 2.18. The van der Waals surface area contributed by atoms with Gasteiger partial charge in [0.15, 0.2) is 0 Å². The summed E-state index contributed by atoms with van der Waals surface area (Å²) in [7, 11) is 2.12. The first-order valence-electron chi connectivity index (χ1n) is 5.69. The molecule has 0 N–H and O–H groups in total. The fourth-order valence-corrected chi connectivity index (χ4v) is 1.90. The molecule has 15 heavy (non-hydrogen) atoms. The molecule has 0 spiro atoms. The van der Waals surface area contributed by atoms with Crippen molar-refractivity contribution in [1.82, 2.24) is 4.57 Å². The average Bonchev–Trinajstić information content (AvgIpc) is 2.41. The Labute approximate surface area is 92.7 Å². The third-order valence-corrected chi connectivity index (χ3v) is 3.18. The van der Waals surface area contributed by atoms with Crippen LogP contribution in [-0.4, -0.2) is 17.8 Å². The number of ether oxygens (including phenoxy) is 1. The zero-order chi connectivity index (χ0) is 11.4. The minimum absolute atomic E-state index is 0.816. The quantitative estimate of drug-likeness (QED) is 0.535. The Morgan fingerprint density at radius 2 is 1.93 bits per heavy atom. The molecular weight excluding hydrogens is 188 g/mol. The molecule has 0 bridgehead atoms. The van der Waals surface area contributed by atoms with E-state index in [1.165, 1.54) is 17.2 Å². The molecule has 0 unspecified atom stereocenters. The second-order valence-corrected chi connectivity index (χ2v) is 3.98. The molecule has 1 aromatic rings. The van der Waals surface area contributed by atoms with E-state index < -0.39 is 0 Å². The molecule has 0 fully saturated rings. The number of aromatic nitrogens is 2. The van der Waals surface area contributed by atoms with Crippen LogP contribution in [0, 0.1) is 20.8 Å². The van der Waals surface area contributed by atoms with Crippen LogP contribution in [0.5, 0.6) is 0 Å². The summed E-state index contributed by atoms with van der Waals surface area (Å²) >= 11 is 0. The SMILES string of the molecule is CCOCCCn1c(C)c(C)[n+](C)c1C. The molecular formula is C12H23N2O+. The summed E-state index contributed by atoms with van der Waals surface area (Å²) in [5.74, 6) is 1.32. The summed E-state index contributed by atoms with van der Waals surface area (Å²) in [4.78, 5) is 0. The third kappa shape index (κ3) is 2.59. The number of imidazole rings is 1. The number of rotatable bonds is 5. The van der Waals surface area contributed by atoms with E-state index in [2.05, 4.69) is 37.0 Å². The maximum Gasteiger partial charge on any atom is 0.253 e. The molecule has 0 radical (unpaired) electrons. The van der Waals surface area contributed by atoms with Crippen molar-refractivity contribution in [2.75, 3.05) is 13.2 Å². The maximum absolute atomic E-state index is 5.35. The third-order valence-electron chi connectivity index (χ3n) is 3.18. The number of nitrogens with zero attached hydrogens (tertiary/aromatic N) is 2. The highest BCUT2D eigenvalue weighted by atomic mass is 16.5. The Morgan fingerprint density at radius 1 is 1.27 bits per heavy atom. The fourth-order valence-electron chi connectivity index (χ4n) is 1.90. The lowest BCUT2D eigenvalue weighted by atomic mass is 10.3. The van der Waals surface area contributed by atoms with E-state index in [0.717, 1.165) is 26.2 Å². The van der Waals surface area contributed by atoms with Gasteiger partial charge in [-0.1, -0.05) is 0 Å². The van der Waals surface area contributed by atoms with Gasteiger partial charge in [0.1, 0.15) is 11.4 Å². The first-order chi connectivity index (χ1) is 7.09. The standard InChI is InChI=1S/C12H23N2O/c1-6-15-9-7-8-14-11(3)10(2)13(5)12(14)4/h6-9H2,1-5H3/q+1. The van der Waals surface area contributed by atoms with Crippen molar-refractivity contribution in [3.8, 4) is 0 Å². The summed E-state index contributed by atoms with van der Waals surface area (Å²) in [6.45, 7) is 11.3. The van der Waals surface area contributed by atoms with Crippen LogP contribution >= 0.6 is 0 Å². The molecule has 0 aliphatic heterocycles. The van der Waals surface area contributed by atoms with Crippen molar-refractivity contribution in [3.63, 3.8) is 0 Å². The van der Waals surface area contributed by atoms with E-state index in [1.807, 2.05) is 6.92 Å². The Bertz CT molecular complexity index is 303. The average molecular weight is 211 g/mol. The minimum Gasteiger partial charge on any atom is -0.382 e. The van der Waals surface area contributed by atoms with Crippen LogP contribution in [0.1, 0.15) is 30.6 Å². The fraction of sp³-hybridized carbons (Fsp3) is 0.750. The van der Waals surface area contributed by atoms with Gasteiger partial charge < -0.3 is 4.74 Å². The van der Waals surface area contributed by atoms with Crippen LogP contribution in [0.25, 0.3) is 0 Å². The van der Waals surface area contributed by atoms with Crippen molar-refractivity contribution in [2.45, 2.75) is 40.7 Å². The lowest BCUT2D eigenvalue weighted by molar-refractivity contribution is -0.683. The van der Waals surface area contributed by atoms with Gasteiger partial charge in [-0.15, -0.1) is 0 Å². The molecule has 0 aliphatic carbocycles. The summed E-state index contributed by atoms with van der Waals surface area (Å²) in [5.41, 5.74) is 2.72. The molecule has 0 saturated carbocycles. The molecule has 86 valence electrons. The minimum atomic E-state index is 0.816. The predicted octanol–water partition coefficient (Wildman–Crippen LogP) is 1.66. The second-order valence-electron chi connectivity index (χ2n) is 3.98. The second kappa shape index (κ2) is 5.31. The number of hydrogen-bond acceptors (Lipinski definition) is 1. The van der Waals surface area contributed by atoms with Crippen LogP contribution in [0.2, 0.25) is 0 Å². The molecule has 1 heterocycles. The lowest BCUT2D eigenvalue weighted by Gasteiger charge is -2.01. The van der Waals surface area contributed by atoms with Gasteiger partial charge >= 0.3 is 0 Å². The molecule has 0 amide bonds. The van der Waals surface area contributed by atoms with Crippen LogP contribution in [-0.2, 0) is 18.3 Å². The molecule has 1 rings (SSSR count). The summed E-state index contributed by atoms with van der Waals surface area (Å²) in [6, 6.07) is 0. The maximum atomic E-state index is 5.35. The molecule has 1 aromatic heterocycles. The predicted molar refractivity (Wildman–Crippen MR) is 60.9 cm³/mol. The van der Waals surface area contributed by atoms with E-state index in [1.54, 1.807) is 0 Å². The smallest absolute Gasteiger partial charge is 0.253 e. The highest BCUT2D eigenvalue weighted by Crippen LogP contribution is 2.07. The van der Waals surface area contributed by atoms with Crippen molar-refractivity contribution in [2.24, 2.45) is 7.05 Å². The van der Waals surface area contributed by atoms with Gasteiger partial charge in [0.25, 0.3) is 5.82 Å². The Hall–Kier alpha value is -0.830. The van der Waals surface area contributed by atoms with Crippen molar-refractivity contribution in [3.05, 3.63) is 17.2 Å². The zero-order valence-corrected chi connectivity index (χ0v) is 10.6. The van der Waals surface area contributed by atoms with E-state index >= 15 is 0 Å². The first-order valence-corrected chi connectivity index (χ1v) is 5.69. The summed E-state index contributed by atoms with van der Waals surface area (Å²) in [5, 5.41) is 0. The van der Waals surface area contributed by atoms with Crippen molar-refractivity contribution >= 4 is 0 Å². The zero-order valence-electron chi connectivity index (χ0n) is 10.6. The van der Waals surface area contributed by atoms with Crippen LogP contribution in [0.15, 0.2) is 0 Å². The summed E-state index contributed by atoms with van der Waals surface area (Å²) in [6.07, 6.45) is 1.09. The van der Waals surface area contributed by atoms with E-state index in [4.69, 9.17) is 4.74 Å². The van der Waals surface area contributed by atoms with Crippen LogP contribution in [0.4, 0.5) is 0 Å². The van der Waals surface area contributed by atoms with Gasteiger partial charge in [0.05, 0.1) is 20.2 Å².